The van der Waals surface area contributed by atoms with Crippen molar-refractivity contribution in [3.8, 4) is 5.88 Å². The van der Waals surface area contributed by atoms with Gasteiger partial charge in [0.15, 0.2) is 0 Å². The number of aromatic nitrogens is 2. The molecule has 0 unspecified atom stereocenters. The molecule has 1 N–H and O–H groups in total. The zero-order chi connectivity index (χ0) is 14.5. The predicted molar refractivity (Wildman–Crippen MR) is 81.4 cm³/mol. The molecule has 0 radical (unpaired) electrons. The van der Waals surface area contributed by atoms with Crippen molar-refractivity contribution in [1.29, 1.82) is 0 Å². The number of piperidine rings is 1. The van der Waals surface area contributed by atoms with E-state index in [1.165, 1.54) is 12.8 Å². The SMILES string of the molecule is COc1cc(C)nc(N(CC2CCNCC2)C(C)C)n1. The highest BCUT2D eigenvalue weighted by Gasteiger charge is 2.21. The van der Waals surface area contributed by atoms with E-state index in [-0.39, 0.29) is 0 Å². The summed E-state index contributed by atoms with van der Waals surface area (Å²) in [6.07, 6.45) is 2.46. The van der Waals surface area contributed by atoms with Gasteiger partial charge in [0, 0.05) is 24.3 Å². The second kappa shape index (κ2) is 6.88. The van der Waals surface area contributed by atoms with Gasteiger partial charge in [0.1, 0.15) is 0 Å². The summed E-state index contributed by atoms with van der Waals surface area (Å²) in [7, 11) is 1.65. The van der Waals surface area contributed by atoms with Crippen LogP contribution in [0.4, 0.5) is 5.95 Å². The standard InChI is InChI=1S/C15H26N4O/c1-11(2)19(10-13-5-7-16-8-6-13)15-17-12(3)9-14(18-15)20-4/h9,11,13,16H,5-8,10H2,1-4H3. The van der Waals surface area contributed by atoms with E-state index in [9.17, 15) is 0 Å². The highest BCUT2D eigenvalue weighted by Crippen LogP contribution is 2.21. The Hall–Kier alpha value is -1.36. The molecule has 1 aliphatic heterocycles. The van der Waals surface area contributed by atoms with Crippen LogP contribution in [0, 0.1) is 12.8 Å². The van der Waals surface area contributed by atoms with Crippen LogP contribution in [0.1, 0.15) is 32.4 Å². The normalized spacial score (nSPS) is 16.4. The number of hydrogen-bond acceptors (Lipinski definition) is 5. The molecule has 0 aliphatic carbocycles. The van der Waals surface area contributed by atoms with Crippen LogP contribution < -0.4 is 15.0 Å². The third-order valence-electron chi connectivity index (χ3n) is 3.82. The maximum atomic E-state index is 5.27. The molecular formula is C15H26N4O. The lowest BCUT2D eigenvalue weighted by Crippen LogP contribution is -2.40. The molecule has 1 fully saturated rings. The molecule has 1 aliphatic rings. The summed E-state index contributed by atoms with van der Waals surface area (Å²) in [5.74, 6) is 2.15. The first kappa shape index (κ1) is 15.0. The van der Waals surface area contributed by atoms with Gasteiger partial charge in [0.25, 0.3) is 0 Å². The second-order valence-electron chi connectivity index (χ2n) is 5.79. The smallest absolute Gasteiger partial charge is 0.229 e. The van der Waals surface area contributed by atoms with E-state index in [4.69, 9.17) is 4.74 Å². The molecule has 0 spiro atoms. The van der Waals surface area contributed by atoms with Crippen LogP contribution in [0.25, 0.3) is 0 Å². The molecule has 0 atom stereocenters. The van der Waals surface area contributed by atoms with Crippen molar-refractivity contribution in [3.05, 3.63) is 11.8 Å². The van der Waals surface area contributed by atoms with Crippen LogP contribution in [0.2, 0.25) is 0 Å². The summed E-state index contributed by atoms with van der Waals surface area (Å²) >= 11 is 0. The number of ether oxygens (including phenoxy) is 1. The highest BCUT2D eigenvalue weighted by molar-refractivity contribution is 5.35. The largest absolute Gasteiger partial charge is 0.481 e. The molecule has 0 amide bonds. The zero-order valence-corrected chi connectivity index (χ0v) is 13.0. The van der Waals surface area contributed by atoms with Crippen LogP contribution in [0.3, 0.4) is 0 Å². The molecule has 0 saturated carbocycles. The molecule has 0 bridgehead atoms. The van der Waals surface area contributed by atoms with Crippen molar-refractivity contribution < 1.29 is 4.74 Å². The Kier molecular flexibility index (Phi) is 5.17. The monoisotopic (exact) mass is 278 g/mol. The van der Waals surface area contributed by atoms with Gasteiger partial charge in [0.2, 0.25) is 11.8 Å². The summed E-state index contributed by atoms with van der Waals surface area (Å²) in [4.78, 5) is 11.4. The molecule has 1 saturated heterocycles. The maximum Gasteiger partial charge on any atom is 0.229 e. The summed E-state index contributed by atoms with van der Waals surface area (Å²) < 4.78 is 5.27. The van der Waals surface area contributed by atoms with Crippen molar-refractivity contribution in [2.75, 3.05) is 31.6 Å². The fourth-order valence-corrected chi connectivity index (χ4v) is 2.62. The Morgan fingerprint density at radius 3 is 2.65 bits per heavy atom. The third kappa shape index (κ3) is 3.82. The van der Waals surface area contributed by atoms with Crippen LogP contribution in [-0.4, -0.2) is 42.8 Å². The van der Waals surface area contributed by atoms with E-state index in [0.29, 0.717) is 17.8 Å². The molecule has 5 nitrogen and oxygen atoms in total. The first-order chi connectivity index (χ1) is 9.60. The Balaban J connectivity index is 2.16. The van der Waals surface area contributed by atoms with Crippen LogP contribution in [0.15, 0.2) is 6.07 Å². The van der Waals surface area contributed by atoms with Gasteiger partial charge in [0.05, 0.1) is 7.11 Å². The lowest BCUT2D eigenvalue weighted by molar-refractivity contribution is 0.363. The van der Waals surface area contributed by atoms with Crippen LogP contribution in [0.5, 0.6) is 5.88 Å². The van der Waals surface area contributed by atoms with E-state index < -0.39 is 0 Å². The lowest BCUT2D eigenvalue weighted by atomic mass is 9.97. The number of nitrogens with zero attached hydrogens (tertiary/aromatic N) is 3. The van der Waals surface area contributed by atoms with E-state index >= 15 is 0 Å². The van der Waals surface area contributed by atoms with Gasteiger partial charge < -0.3 is 15.0 Å². The van der Waals surface area contributed by atoms with Gasteiger partial charge in [-0.05, 0) is 52.6 Å². The van der Waals surface area contributed by atoms with Crippen molar-refractivity contribution >= 4 is 5.95 Å². The van der Waals surface area contributed by atoms with Crippen LogP contribution in [-0.2, 0) is 0 Å². The fraction of sp³-hybridized carbons (Fsp3) is 0.733. The van der Waals surface area contributed by atoms with Crippen molar-refractivity contribution in [2.24, 2.45) is 5.92 Å². The fourth-order valence-electron chi connectivity index (χ4n) is 2.62. The maximum absolute atomic E-state index is 5.27. The number of aryl methyl sites for hydroxylation is 1. The van der Waals surface area contributed by atoms with E-state index in [1.807, 2.05) is 13.0 Å². The van der Waals surface area contributed by atoms with E-state index in [2.05, 4.69) is 34.0 Å². The molecular weight excluding hydrogens is 252 g/mol. The third-order valence-corrected chi connectivity index (χ3v) is 3.82. The minimum Gasteiger partial charge on any atom is -0.481 e. The zero-order valence-electron chi connectivity index (χ0n) is 13.0. The van der Waals surface area contributed by atoms with Gasteiger partial charge >= 0.3 is 0 Å². The molecule has 1 aromatic heterocycles. The average Bonchev–Trinajstić information content (AvgIpc) is 2.44. The molecule has 112 valence electrons. The summed E-state index contributed by atoms with van der Waals surface area (Å²) in [6.45, 7) is 9.63. The second-order valence-corrected chi connectivity index (χ2v) is 5.79. The Morgan fingerprint density at radius 1 is 1.35 bits per heavy atom. The summed E-state index contributed by atoms with van der Waals surface area (Å²) in [5.41, 5.74) is 0.947. The lowest BCUT2D eigenvalue weighted by Gasteiger charge is -2.33. The molecule has 2 heterocycles. The minimum absolute atomic E-state index is 0.386. The molecule has 2 rings (SSSR count). The van der Waals surface area contributed by atoms with Crippen molar-refractivity contribution in [1.82, 2.24) is 15.3 Å². The highest BCUT2D eigenvalue weighted by atomic mass is 16.5. The molecule has 5 heteroatoms. The van der Waals surface area contributed by atoms with Crippen molar-refractivity contribution in [3.63, 3.8) is 0 Å². The molecule has 0 aromatic carbocycles. The Labute approximate surface area is 121 Å². The first-order valence-corrected chi connectivity index (χ1v) is 7.47. The van der Waals surface area contributed by atoms with Gasteiger partial charge in [-0.15, -0.1) is 0 Å². The number of rotatable bonds is 5. The number of methoxy groups -OCH3 is 1. The average molecular weight is 278 g/mol. The molecule has 20 heavy (non-hydrogen) atoms. The number of nitrogens with one attached hydrogen (secondary N) is 1. The number of hydrogen-bond donors (Lipinski definition) is 1. The van der Waals surface area contributed by atoms with E-state index in [0.717, 1.165) is 31.3 Å². The van der Waals surface area contributed by atoms with Crippen LogP contribution >= 0.6 is 0 Å². The van der Waals surface area contributed by atoms with Crippen molar-refractivity contribution in [2.45, 2.75) is 39.7 Å². The molecule has 1 aromatic rings. The predicted octanol–water partition coefficient (Wildman–Crippen LogP) is 2.01. The van der Waals surface area contributed by atoms with Gasteiger partial charge in [-0.25, -0.2) is 4.98 Å². The quantitative estimate of drug-likeness (QED) is 0.893. The topological polar surface area (TPSA) is 50.3 Å². The minimum atomic E-state index is 0.386. The Bertz CT molecular complexity index is 430. The summed E-state index contributed by atoms with van der Waals surface area (Å²) in [5, 5.41) is 3.41. The van der Waals surface area contributed by atoms with Gasteiger partial charge in [-0.1, -0.05) is 0 Å². The Morgan fingerprint density at radius 2 is 2.05 bits per heavy atom. The summed E-state index contributed by atoms with van der Waals surface area (Å²) in [6, 6.07) is 2.25. The van der Waals surface area contributed by atoms with Gasteiger partial charge in [-0.2, -0.15) is 4.98 Å². The first-order valence-electron chi connectivity index (χ1n) is 7.47. The van der Waals surface area contributed by atoms with Gasteiger partial charge in [-0.3, -0.25) is 0 Å². The van der Waals surface area contributed by atoms with E-state index in [1.54, 1.807) is 7.11 Å². The number of anilines is 1.